The standard InChI is InChI=1S/C24H25N5O3/c1-16(2)31-19-7-5-6-17(12-19)27-24-28-22-14-20(8-9-23(22)29(24)3)32-21-10-11-25-18(13-21)15-26-30-4/h5-16H,1-4H3,(H,27,28)/b26-15-. The lowest BCUT2D eigenvalue weighted by Gasteiger charge is -2.11. The Bertz CT molecular complexity index is 1250. The Morgan fingerprint density at radius 2 is 1.88 bits per heavy atom. The molecule has 2 heterocycles. The Labute approximate surface area is 186 Å². The molecule has 0 bridgehead atoms. The maximum atomic E-state index is 6.00. The van der Waals surface area contributed by atoms with E-state index in [-0.39, 0.29) is 6.10 Å². The summed E-state index contributed by atoms with van der Waals surface area (Å²) in [6, 6.07) is 17.2. The molecule has 4 aromatic rings. The third-order valence-corrected chi connectivity index (χ3v) is 4.59. The Morgan fingerprint density at radius 3 is 2.69 bits per heavy atom. The van der Waals surface area contributed by atoms with Crippen molar-refractivity contribution in [3.05, 3.63) is 66.5 Å². The van der Waals surface area contributed by atoms with Crippen LogP contribution in [-0.4, -0.2) is 34.0 Å². The second kappa shape index (κ2) is 9.38. The summed E-state index contributed by atoms with van der Waals surface area (Å²) in [7, 11) is 3.45. The van der Waals surface area contributed by atoms with Gasteiger partial charge in [0.15, 0.2) is 0 Å². The Balaban J connectivity index is 1.55. The molecule has 0 atom stereocenters. The van der Waals surface area contributed by atoms with Crippen molar-refractivity contribution in [1.82, 2.24) is 14.5 Å². The summed E-state index contributed by atoms with van der Waals surface area (Å²) in [6.45, 7) is 4.01. The molecule has 0 saturated heterocycles. The van der Waals surface area contributed by atoms with Crippen LogP contribution >= 0.6 is 0 Å². The zero-order valence-corrected chi connectivity index (χ0v) is 18.4. The van der Waals surface area contributed by atoms with Gasteiger partial charge in [0, 0.05) is 37.1 Å². The van der Waals surface area contributed by atoms with Crippen LogP contribution in [0.5, 0.6) is 17.2 Å². The number of pyridine rings is 1. The number of nitrogens with zero attached hydrogens (tertiary/aromatic N) is 4. The van der Waals surface area contributed by atoms with E-state index in [0.29, 0.717) is 17.2 Å². The first-order chi connectivity index (χ1) is 15.5. The molecule has 8 heteroatoms. The second-order valence-electron chi connectivity index (χ2n) is 7.40. The number of benzene rings is 2. The molecule has 0 unspecified atom stereocenters. The van der Waals surface area contributed by atoms with Crippen LogP contribution in [0, 0.1) is 0 Å². The van der Waals surface area contributed by atoms with Gasteiger partial charge in [0.25, 0.3) is 0 Å². The normalized spacial score (nSPS) is 11.3. The fourth-order valence-corrected chi connectivity index (χ4v) is 3.21. The molecule has 0 saturated carbocycles. The highest BCUT2D eigenvalue weighted by molar-refractivity contribution is 5.81. The number of rotatable bonds is 8. The van der Waals surface area contributed by atoms with Crippen molar-refractivity contribution in [1.29, 1.82) is 0 Å². The maximum Gasteiger partial charge on any atom is 0.208 e. The molecular weight excluding hydrogens is 406 g/mol. The third-order valence-electron chi connectivity index (χ3n) is 4.59. The van der Waals surface area contributed by atoms with Crippen LogP contribution in [0.1, 0.15) is 19.5 Å². The highest BCUT2D eigenvalue weighted by atomic mass is 16.6. The Kier molecular flexibility index (Phi) is 6.21. The van der Waals surface area contributed by atoms with Crippen molar-refractivity contribution in [3.8, 4) is 17.2 Å². The molecule has 0 fully saturated rings. The summed E-state index contributed by atoms with van der Waals surface area (Å²) < 4.78 is 13.8. The van der Waals surface area contributed by atoms with Gasteiger partial charge in [-0.1, -0.05) is 11.2 Å². The number of ether oxygens (including phenoxy) is 2. The van der Waals surface area contributed by atoms with E-state index in [1.165, 1.54) is 13.3 Å². The van der Waals surface area contributed by atoms with Gasteiger partial charge >= 0.3 is 0 Å². The number of fused-ring (bicyclic) bond motifs is 1. The Hall–Kier alpha value is -4.07. The molecule has 2 aromatic heterocycles. The Morgan fingerprint density at radius 1 is 1.03 bits per heavy atom. The van der Waals surface area contributed by atoms with Crippen molar-refractivity contribution in [3.63, 3.8) is 0 Å². The molecule has 0 aliphatic rings. The largest absolute Gasteiger partial charge is 0.491 e. The number of imidazole rings is 1. The average Bonchev–Trinajstić information content (AvgIpc) is 3.07. The lowest BCUT2D eigenvalue weighted by atomic mass is 10.3. The third kappa shape index (κ3) is 4.97. The van der Waals surface area contributed by atoms with Gasteiger partial charge in [0.1, 0.15) is 24.4 Å². The number of aromatic nitrogens is 3. The molecule has 0 aliphatic heterocycles. The molecule has 1 N–H and O–H groups in total. The summed E-state index contributed by atoms with van der Waals surface area (Å²) in [5, 5.41) is 7.09. The van der Waals surface area contributed by atoms with E-state index in [2.05, 4.69) is 15.5 Å². The van der Waals surface area contributed by atoms with Gasteiger partial charge in [-0.05, 0) is 44.2 Å². The number of hydrogen-bond acceptors (Lipinski definition) is 7. The van der Waals surface area contributed by atoms with Crippen LogP contribution in [0.3, 0.4) is 0 Å². The minimum absolute atomic E-state index is 0.114. The lowest BCUT2D eigenvalue weighted by Crippen LogP contribution is -2.06. The monoisotopic (exact) mass is 431 g/mol. The van der Waals surface area contributed by atoms with E-state index >= 15 is 0 Å². The minimum Gasteiger partial charge on any atom is -0.491 e. The van der Waals surface area contributed by atoms with Crippen LogP contribution in [0.2, 0.25) is 0 Å². The van der Waals surface area contributed by atoms with Crippen molar-refractivity contribution in [2.45, 2.75) is 20.0 Å². The maximum absolute atomic E-state index is 6.00. The number of hydrogen-bond donors (Lipinski definition) is 1. The van der Waals surface area contributed by atoms with E-state index in [1.807, 2.05) is 67.9 Å². The van der Waals surface area contributed by atoms with E-state index in [9.17, 15) is 0 Å². The fraction of sp³-hybridized carbons (Fsp3) is 0.208. The van der Waals surface area contributed by atoms with Crippen LogP contribution in [0.15, 0.2) is 65.9 Å². The van der Waals surface area contributed by atoms with E-state index in [1.54, 1.807) is 18.3 Å². The first-order valence-corrected chi connectivity index (χ1v) is 10.2. The van der Waals surface area contributed by atoms with Crippen LogP contribution < -0.4 is 14.8 Å². The van der Waals surface area contributed by atoms with Gasteiger partial charge in [-0.15, -0.1) is 0 Å². The summed E-state index contributed by atoms with van der Waals surface area (Å²) in [5.41, 5.74) is 3.34. The lowest BCUT2D eigenvalue weighted by molar-refractivity contribution is 0.215. The second-order valence-corrected chi connectivity index (χ2v) is 7.40. The fourth-order valence-electron chi connectivity index (χ4n) is 3.21. The molecule has 8 nitrogen and oxygen atoms in total. The molecule has 32 heavy (non-hydrogen) atoms. The summed E-state index contributed by atoms with van der Waals surface area (Å²) in [5.74, 6) is 2.86. The van der Waals surface area contributed by atoms with Crippen LogP contribution in [-0.2, 0) is 11.9 Å². The summed E-state index contributed by atoms with van der Waals surface area (Å²) >= 11 is 0. The van der Waals surface area contributed by atoms with Crippen LogP contribution in [0.25, 0.3) is 11.0 Å². The van der Waals surface area contributed by atoms with E-state index in [0.717, 1.165) is 28.4 Å². The van der Waals surface area contributed by atoms with Gasteiger partial charge in [-0.25, -0.2) is 4.98 Å². The van der Waals surface area contributed by atoms with Gasteiger partial charge in [-0.2, -0.15) is 0 Å². The van der Waals surface area contributed by atoms with Gasteiger partial charge in [0.05, 0.1) is 29.0 Å². The topological polar surface area (TPSA) is 82.8 Å². The first-order valence-electron chi connectivity index (χ1n) is 10.2. The molecule has 0 spiro atoms. The zero-order valence-electron chi connectivity index (χ0n) is 18.4. The SMILES string of the molecule is CO/N=C\c1cc(Oc2ccc3c(c2)nc(Nc2cccc(OC(C)C)c2)n3C)ccn1. The highest BCUT2D eigenvalue weighted by Crippen LogP contribution is 2.29. The summed E-state index contributed by atoms with van der Waals surface area (Å²) in [6.07, 6.45) is 3.29. The predicted molar refractivity (Wildman–Crippen MR) is 125 cm³/mol. The van der Waals surface area contributed by atoms with Crippen molar-refractivity contribution in [2.24, 2.45) is 12.2 Å². The van der Waals surface area contributed by atoms with Gasteiger partial charge in [0.2, 0.25) is 5.95 Å². The molecule has 4 rings (SSSR count). The summed E-state index contributed by atoms with van der Waals surface area (Å²) in [4.78, 5) is 13.6. The smallest absolute Gasteiger partial charge is 0.208 e. The van der Waals surface area contributed by atoms with Gasteiger partial charge in [-0.3, -0.25) is 4.98 Å². The van der Waals surface area contributed by atoms with Crippen molar-refractivity contribution >= 4 is 28.9 Å². The zero-order chi connectivity index (χ0) is 22.5. The van der Waals surface area contributed by atoms with Crippen molar-refractivity contribution < 1.29 is 14.3 Å². The molecule has 2 aromatic carbocycles. The molecule has 164 valence electrons. The minimum atomic E-state index is 0.114. The van der Waals surface area contributed by atoms with E-state index < -0.39 is 0 Å². The highest BCUT2D eigenvalue weighted by Gasteiger charge is 2.10. The molecule has 0 aliphatic carbocycles. The number of aryl methyl sites for hydroxylation is 1. The van der Waals surface area contributed by atoms with Crippen molar-refractivity contribution in [2.75, 3.05) is 12.4 Å². The van der Waals surface area contributed by atoms with Gasteiger partial charge < -0.3 is 24.2 Å². The average molecular weight is 431 g/mol. The number of oxime groups is 1. The molecule has 0 radical (unpaired) electrons. The predicted octanol–water partition coefficient (Wildman–Crippen LogP) is 5.27. The number of nitrogens with one attached hydrogen (secondary N) is 1. The molecule has 0 amide bonds. The van der Waals surface area contributed by atoms with E-state index in [4.69, 9.17) is 19.3 Å². The quantitative estimate of drug-likeness (QED) is 0.302. The first kappa shape index (κ1) is 21.2. The number of anilines is 2. The molecular formula is C24H25N5O3. The van der Waals surface area contributed by atoms with Crippen LogP contribution in [0.4, 0.5) is 11.6 Å².